The number of unbranched alkanes of at least 4 members (excludes halogenated alkanes) is 5. The normalized spacial score (nSPS) is 29.5. The second kappa shape index (κ2) is 8.90. The minimum Gasteiger partial charge on any atom is -0.390 e. The lowest BCUT2D eigenvalue weighted by Gasteiger charge is -2.31. The molecule has 1 aliphatic carbocycles. The second-order valence-electron chi connectivity index (χ2n) is 5.17. The monoisotopic (exact) mass is 244 g/mol. The minimum atomic E-state index is -0.677. The van der Waals surface area contributed by atoms with E-state index in [1.54, 1.807) is 0 Å². The molecule has 0 radical (unpaired) electrons. The average Bonchev–Trinajstić information content (AvgIpc) is 2.33. The highest BCUT2D eigenvalue weighted by molar-refractivity contribution is 4.82. The van der Waals surface area contributed by atoms with E-state index in [1.165, 1.54) is 32.1 Å². The molecular weight excluding hydrogens is 216 g/mol. The third-order valence-corrected chi connectivity index (χ3v) is 3.59. The van der Waals surface area contributed by atoms with E-state index in [2.05, 4.69) is 6.92 Å². The standard InChI is InChI=1S/C14H28O3/c1-2-3-4-5-6-7-11-17-13-10-8-9-12(15)14(13)16/h12-16H,2-11H2,1H3/t12?,13?,14-/m0/s1. The molecule has 0 spiro atoms. The fraction of sp³-hybridized carbons (Fsp3) is 1.00. The Morgan fingerprint density at radius 1 is 1.00 bits per heavy atom. The van der Waals surface area contributed by atoms with Gasteiger partial charge in [-0.05, 0) is 25.7 Å². The fourth-order valence-electron chi connectivity index (χ4n) is 2.42. The molecule has 3 heteroatoms. The number of hydrogen-bond acceptors (Lipinski definition) is 3. The summed E-state index contributed by atoms with van der Waals surface area (Å²) < 4.78 is 5.66. The van der Waals surface area contributed by atoms with E-state index < -0.39 is 12.2 Å². The molecule has 3 atom stereocenters. The van der Waals surface area contributed by atoms with Crippen molar-refractivity contribution in [3.05, 3.63) is 0 Å². The van der Waals surface area contributed by atoms with Crippen LogP contribution in [-0.2, 0) is 4.74 Å². The van der Waals surface area contributed by atoms with Crippen LogP contribution in [0.3, 0.4) is 0 Å². The van der Waals surface area contributed by atoms with Gasteiger partial charge in [0.15, 0.2) is 0 Å². The largest absolute Gasteiger partial charge is 0.390 e. The Bertz CT molecular complexity index is 184. The van der Waals surface area contributed by atoms with Crippen molar-refractivity contribution in [2.24, 2.45) is 0 Å². The highest BCUT2D eigenvalue weighted by atomic mass is 16.5. The molecule has 17 heavy (non-hydrogen) atoms. The van der Waals surface area contributed by atoms with Crippen LogP contribution >= 0.6 is 0 Å². The Balaban J connectivity index is 1.98. The van der Waals surface area contributed by atoms with Gasteiger partial charge in [-0.2, -0.15) is 0 Å². The maximum Gasteiger partial charge on any atom is 0.106 e. The van der Waals surface area contributed by atoms with E-state index in [9.17, 15) is 10.2 Å². The number of aliphatic hydroxyl groups excluding tert-OH is 2. The van der Waals surface area contributed by atoms with Crippen LogP contribution in [0.2, 0.25) is 0 Å². The number of hydrogen-bond donors (Lipinski definition) is 2. The molecule has 0 saturated heterocycles. The number of ether oxygens (including phenoxy) is 1. The van der Waals surface area contributed by atoms with Gasteiger partial charge in [-0.3, -0.25) is 0 Å². The van der Waals surface area contributed by atoms with E-state index >= 15 is 0 Å². The smallest absolute Gasteiger partial charge is 0.106 e. The van der Waals surface area contributed by atoms with Gasteiger partial charge in [-0.15, -0.1) is 0 Å². The van der Waals surface area contributed by atoms with Crippen molar-refractivity contribution in [1.82, 2.24) is 0 Å². The summed E-state index contributed by atoms with van der Waals surface area (Å²) in [7, 11) is 0. The van der Waals surface area contributed by atoms with Gasteiger partial charge in [0.1, 0.15) is 6.10 Å². The molecular formula is C14H28O3. The summed E-state index contributed by atoms with van der Waals surface area (Å²) in [4.78, 5) is 0. The Morgan fingerprint density at radius 3 is 2.47 bits per heavy atom. The molecule has 1 saturated carbocycles. The van der Waals surface area contributed by atoms with Gasteiger partial charge in [-0.1, -0.05) is 39.0 Å². The summed E-state index contributed by atoms with van der Waals surface area (Å²) in [5.41, 5.74) is 0. The highest BCUT2D eigenvalue weighted by Gasteiger charge is 2.30. The van der Waals surface area contributed by atoms with E-state index in [4.69, 9.17) is 4.74 Å². The van der Waals surface area contributed by atoms with Crippen LogP contribution in [0.15, 0.2) is 0 Å². The van der Waals surface area contributed by atoms with Gasteiger partial charge in [0.25, 0.3) is 0 Å². The first-order valence-electron chi connectivity index (χ1n) is 7.23. The van der Waals surface area contributed by atoms with Crippen molar-refractivity contribution in [3.63, 3.8) is 0 Å². The molecule has 0 aromatic rings. The number of aliphatic hydroxyl groups is 2. The van der Waals surface area contributed by atoms with Crippen LogP contribution in [0.1, 0.15) is 64.7 Å². The van der Waals surface area contributed by atoms with Gasteiger partial charge in [0.05, 0.1) is 12.2 Å². The van der Waals surface area contributed by atoms with Gasteiger partial charge in [-0.25, -0.2) is 0 Å². The minimum absolute atomic E-state index is 0.144. The first kappa shape index (κ1) is 14.9. The summed E-state index contributed by atoms with van der Waals surface area (Å²) >= 11 is 0. The third-order valence-electron chi connectivity index (χ3n) is 3.59. The average molecular weight is 244 g/mol. The zero-order chi connectivity index (χ0) is 12.5. The van der Waals surface area contributed by atoms with Gasteiger partial charge in [0, 0.05) is 6.61 Å². The fourth-order valence-corrected chi connectivity index (χ4v) is 2.42. The van der Waals surface area contributed by atoms with Crippen molar-refractivity contribution in [2.45, 2.75) is 83.0 Å². The predicted octanol–water partition coefficient (Wildman–Crippen LogP) is 2.64. The molecule has 0 bridgehead atoms. The van der Waals surface area contributed by atoms with Crippen LogP contribution in [-0.4, -0.2) is 35.1 Å². The first-order valence-corrected chi connectivity index (χ1v) is 7.23. The summed E-state index contributed by atoms with van der Waals surface area (Å²) in [5.74, 6) is 0. The Kier molecular flexibility index (Phi) is 7.82. The second-order valence-corrected chi connectivity index (χ2v) is 5.17. The Hall–Kier alpha value is -0.120. The van der Waals surface area contributed by atoms with Gasteiger partial charge >= 0.3 is 0 Å². The molecule has 0 amide bonds. The highest BCUT2D eigenvalue weighted by Crippen LogP contribution is 2.22. The Labute approximate surface area is 105 Å². The molecule has 0 aromatic carbocycles. The van der Waals surface area contributed by atoms with E-state index in [-0.39, 0.29) is 6.10 Å². The van der Waals surface area contributed by atoms with Crippen LogP contribution in [0.4, 0.5) is 0 Å². The molecule has 2 N–H and O–H groups in total. The topological polar surface area (TPSA) is 49.7 Å². The lowest BCUT2D eigenvalue weighted by molar-refractivity contribution is -0.113. The quantitative estimate of drug-likeness (QED) is 0.645. The first-order chi connectivity index (χ1) is 8.25. The van der Waals surface area contributed by atoms with Crippen LogP contribution < -0.4 is 0 Å². The van der Waals surface area contributed by atoms with Crippen LogP contribution in [0, 0.1) is 0 Å². The van der Waals surface area contributed by atoms with Crippen molar-refractivity contribution >= 4 is 0 Å². The zero-order valence-corrected chi connectivity index (χ0v) is 11.1. The van der Waals surface area contributed by atoms with E-state index in [0.717, 1.165) is 25.9 Å². The summed E-state index contributed by atoms with van der Waals surface area (Å²) in [5, 5.41) is 19.3. The molecule has 0 aromatic heterocycles. The van der Waals surface area contributed by atoms with Crippen molar-refractivity contribution < 1.29 is 14.9 Å². The lowest BCUT2D eigenvalue weighted by Crippen LogP contribution is -2.42. The van der Waals surface area contributed by atoms with E-state index in [0.29, 0.717) is 6.42 Å². The molecule has 1 fully saturated rings. The summed E-state index contributed by atoms with van der Waals surface area (Å²) in [6, 6.07) is 0. The lowest BCUT2D eigenvalue weighted by atomic mass is 9.92. The van der Waals surface area contributed by atoms with Crippen molar-refractivity contribution in [1.29, 1.82) is 0 Å². The molecule has 1 rings (SSSR count). The van der Waals surface area contributed by atoms with Crippen LogP contribution in [0.25, 0.3) is 0 Å². The van der Waals surface area contributed by atoms with Crippen molar-refractivity contribution in [2.75, 3.05) is 6.61 Å². The Morgan fingerprint density at radius 2 is 1.71 bits per heavy atom. The van der Waals surface area contributed by atoms with Crippen molar-refractivity contribution in [3.8, 4) is 0 Å². The van der Waals surface area contributed by atoms with Gasteiger partial charge in [0.2, 0.25) is 0 Å². The third kappa shape index (κ3) is 5.84. The van der Waals surface area contributed by atoms with E-state index in [1.807, 2.05) is 0 Å². The predicted molar refractivity (Wildman–Crippen MR) is 69.0 cm³/mol. The molecule has 0 heterocycles. The van der Waals surface area contributed by atoms with Gasteiger partial charge < -0.3 is 14.9 Å². The SMILES string of the molecule is CCCCCCCCOC1CCCC(O)[C@@H]1O. The number of rotatable bonds is 8. The summed E-state index contributed by atoms with van der Waals surface area (Å²) in [6.45, 7) is 2.94. The van der Waals surface area contributed by atoms with Crippen LogP contribution in [0.5, 0.6) is 0 Å². The molecule has 0 aliphatic heterocycles. The maximum atomic E-state index is 9.74. The zero-order valence-electron chi connectivity index (χ0n) is 11.1. The summed E-state index contributed by atoms with van der Waals surface area (Å²) in [6.07, 6.45) is 8.64. The molecule has 3 nitrogen and oxygen atoms in total. The molecule has 1 aliphatic rings. The molecule has 102 valence electrons. The maximum absolute atomic E-state index is 9.74. The molecule has 2 unspecified atom stereocenters.